The molecule has 0 aromatic rings. The first kappa shape index (κ1) is 19.0. The molecule has 1 aliphatic carbocycles. The van der Waals surface area contributed by atoms with Gasteiger partial charge in [0, 0.05) is 38.3 Å². The molecule has 0 aromatic heterocycles. The van der Waals surface area contributed by atoms with Crippen molar-refractivity contribution in [1.82, 2.24) is 5.32 Å². The molecule has 7 nitrogen and oxygen atoms in total. The van der Waals surface area contributed by atoms with Crippen LogP contribution >= 0.6 is 12.6 Å². The van der Waals surface area contributed by atoms with Crippen LogP contribution in [0.15, 0.2) is 40.6 Å². The van der Waals surface area contributed by atoms with Gasteiger partial charge >= 0.3 is 5.97 Å². The summed E-state index contributed by atoms with van der Waals surface area (Å²) < 4.78 is 0.829. The SMILES string of the molecule is CC(C)(C)/[N+]([O-])=C\C1=NC=C2C=CC(C(=O)NC(CS)C(=O)O)=CC21. The summed E-state index contributed by atoms with van der Waals surface area (Å²) in [5.74, 6) is -1.96. The number of aliphatic imine (C=N–C) groups is 1. The molecule has 2 aliphatic rings. The molecule has 2 atom stereocenters. The predicted molar refractivity (Wildman–Crippen MR) is 99.1 cm³/mol. The van der Waals surface area contributed by atoms with E-state index in [-0.39, 0.29) is 11.7 Å². The number of allylic oxidation sites excluding steroid dienone is 3. The van der Waals surface area contributed by atoms with Gasteiger partial charge in [-0.1, -0.05) is 12.2 Å². The Morgan fingerprint density at radius 3 is 2.72 bits per heavy atom. The lowest BCUT2D eigenvalue weighted by Crippen LogP contribution is -2.42. The van der Waals surface area contributed by atoms with E-state index in [1.165, 1.54) is 6.21 Å². The molecule has 1 amide bonds. The topological polar surface area (TPSA) is 105 Å². The van der Waals surface area contributed by atoms with E-state index in [4.69, 9.17) is 5.11 Å². The number of rotatable bonds is 5. The summed E-state index contributed by atoms with van der Waals surface area (Å²) in [4.78, 5) is 27.6. The molecule has 2 unspecified atom stereocenters. The lowest BCUT2D eigenvalue weighted by molar-refractivity contribution is -0.529. The Morgan fingerprint density at radius 2 is 2.16 bits per heavy atom. The van der Waals surface area contributed by atoms with Gasteiger partial charge in [0.1, 0.15) is 11.8 Å². The minimum absolute atomic E-state index is 0.0101. The summed E-state index contributed by atoms with van der Waals surface area (Å²) in [5.41, 5.74) is 1.14. The molecule has 0 bridgehead atoms. The zero-order valence-corrected chi connectivity index (χ0v) is 15.2. The third-order valence-electron chi connectivity index (χ3n) is 3.80. The number of thiol groups is 1. The molecule has 0 saturated heterocycles. The average Bonchev–Trinajstić information content (AvgIpc) is 2.93. The first-order valence-electron chi connectivity index (χ1n) is 7.77. The van der Waals surface area contributed by atoms with Crippen molar-refractivity contribution in [2.75, 3.05) is 5.75 Å². The number of fused-ring (bicyclic) bond motifs is 1. The van der Waals surface area contributed by atoms with Crippen molar-refractivity contribution < 1.29 is 19.4 Å². The first-order chi connectivity index (χ1) is 11.6. The Balaban J connectivity index is 2.20. The summed E-state index contributed by atoms with van der Waals surface area (Å²) in [5, 5.41) is 23.6. The minimum Gasteiger partial charge on any atom is -0.623 e. The molecular formula is C17H21N3O4S. The van der Waals surface area contributed by atoms with Gasteiger partial charge in [0.2, 0.25) is 0 Å². The van der Waals surface area contributed by atoms with E-state index in [1.54, 1.807) is 45.2 Å². The van der Waals surface area contributed by atoms with Crippen LogP contribution in [0.2, 0.25) is 0 Å². The number of carbonyl (C=O) groups excluding carboxylic acids is 1. The number of hydrogen-bond acceptors (Lipinski definition) is 5. The second kappa shape index (κ2) is 7.26. The average molecular weight is 363 g/mol. The van der Waals surface area contributed by atoms with Crippen LogP contribution in [0.25, 0.3) is 0 Å². The van der Waals surface area contributed by atoms with E-state index in [0.717, 1.165) is 10.3 Å². The maximum atomic E-state index is 12.3. The number of amides is 1. The summed E-state index contributed by atoms with van der Waals surface area (Å²) in [6.45, 7) is 5.37. The molecule has 25 heavy (non-hydrogen) atoms. The zero-order valence-electron chi connectivity index (χ0n) is 14.3. The van der Waals surface area contributed by atoms with Gasteiger partial charge in [-0.2, -0.15) is 12.6 Å². The molecule has 2 N–H and O–H groups in total. The molecule has 0 saturated carbocycles. The number of carboxylic acids is 1. The largest absolute Gasteiger partial charge is 0.623 e. The Labute approximate surface area is 151 Å². The summed E-state index contributed by atoms with van der Waals surface area (Å²) in [7, 11) is 0. The van der Waals surface area contributed by atoms with E-state index < -0.39 is 23.5 Å². The van der Waals surface area contributed by atoms with Crippen LogP contribution in [0, 0.1) is 11.1 Å². The summed E-state index contributed by atoms with van der Waals surface area (Å²) in [6, 6.07) is -1.07. The van der Waals surface area contributed by atoms with Gasteiger partial charge < -0.3 is 15.6 Å². The van der Waals surface area contributed by atoms with E-state index in [0.29, 0.717) is 11.3 Å². The molecule has 0 radical (unpaired) electrons. The van der Waals surface area contributed by atoms with Crippen LogP contribution in [0.5, 0.6) is 0 Å². The van der Waals surface area contributed by atoms with Crippen LogP contribution in [0.3, 0.4) is 0 Å². The van der Waals surface area contributed by atoms with Gasteiger partial charge in [-0.3, -0.25) is 9.79 Å². The van der Waals surface area contributed by atoms with Gasteiger partial charge in [-0.05, 0) is 11.6 Å². The van der Waals surface area contributed by atoms with Crippen LogP contribution < -0.4 is 5.32 Å². The Bertz CT molecular complexity index is 741. The van der Waals surface area contributed by atoms with E-state index in [1.807, 2.05) is 0 Å². The summed E-state index contributed by atoms with van der Waals surface area (Å²) in [6.07, 6.45) is 8.10. The first-order valence-corrected chi connectivity index (χ1v) is 8.40. The zero-order chi connectivity index (χ0) is 18.8. The number of nitrogens with zero attached hydrogens (tertiary/aromatic N) is 2. The van der Waals surface area contributed by atoms with E-state index in [2.05, 4.69) is 22.9 Å². The van der Waals surface area contributed by atoms with Crippen LogP contribution in [0.1, 0.15) is 20.8 Å². The van der Waals surface area contributed by atoms with Gasteiger partial charge in [-0.15, -0.1) is 0 Å². The molecular weight excluding hydrogens is 342 g/mol. The highest BCUT2D eigenvalue weighted by Gasteiger charge is 2.29. The Hall–Kier alpha value is -2.35. The minimum atomic E-state index is -1.15. The molecule has 0 spiro atoms. The van der Waals surface area contributed by atoms with Crippen molar-refractivity contribution in [2.24, 2.45) is 10.9 Å². The van der Waals surface area contributed by atoms with Gasteiger partial charge in [-0.25, -0.2) is 9.53 Å². The number of carbonyl (C=O) groups is 2. The van der Waals surface area contributed by atoms with Crippen molar-refractivity contribution in [3.05, 3.63) is 40.8 Å². The molecule has 2 rings (SSSR count). The van der Waals surface area contributed by atoms with E-state index in [9.17, 15) is 14.8 Å². The molecule has 0 fully saturated rings. The normalized spacial score (nSPS) is 21.0. The Morgan fingerprint density at radius 1 is 1.48 bits per heavy atom. The maximum Gasteiger partial charge on any atom is 0.327 e. The lowest BCUT2D eigenvalue weighted by Gasteiger charge is -2.20. The molecule has 1 heterocycles. The quantitative estimate of drug-likeness (QED) is 0.225. The fraction of sp³-hybridized carbons (Fsp3) is 0.412. The second-order valence-electron chi connectivity index (χ2n) is 6.79. The van der Waals surface area contributed by atoms with Gasteiger partial charge in [0.15, 0.2) is 11.8 Å². The standard InChI is InChI=1S/C17H21N3O4S/c1-17(2,3)20(24)8-13-12-6-10(4-5-11(12)7-18-13)15(21)19-14(9-25)16(22)23/h4-8,12,14,25H,9H2,1-3H3,(H,19,21)(H,22,23)/b20-8+. The highest BCUT2D eigenvalue weighted by molar-refractivity contribution is 7.80. The Kier molecular flexibility index (Phi) is 5.52. The number of hydroxylamine groups is 1. The second-order valence-corrected chi connectivity index (χ2v) is 7.15. The molecule has 8 heteroatoms. The lowest BCUT2D eigenvalue weighted by atomic mass is 9.89. The van der Waals surface area contributed by atoms with Crippen LogP contribution in [-0.2, 0) is 9.59 Å². The number of aliphatic carboxylic acids is 1. The van der Waals surface area contributed by atoms with Gasteiger partial charge in [0.25, 0.3) is 5.91 Å². The summed E-state index contributed by atoms with van der Waals surface area (Å²) >= 11 is 3.93. The van der Waals surface area contributed by atoms with Crippen molar-refractivity contribution in [3.63, 3.8) is 0 Å². The highest BCUT2D eigenvalue weighted by Crippen LogP contribution is 2.28. The smallest absolute Gasteiger partial charge is 0.327 e. The van der Waals surface area contributed by atoms with Gasteiger partial charge in [0.05, 0.1) is 5.92 Å². The molecule has 134 valence electrons. The predicted octanol–water partition coefficient (Wildman–Crippen LogP) is 1.32. The molecule has 0 aromatic carbocycles. The van der Waals surface area contributed by atoms with Crippen LogP contribution in [-0.4, -0.2) is 51.0 Å². The van der Waals surface area contributed by atoms with Crippen molar-refractivity contribution in [2.45, 2.75) is 32.4 Å². The number of nitrogens with one attached hydrogen (secondary N) is 1. The van der Waals surface area contributed by atoms with E-state index >= 15 is 0 Å². The monoisotopic (exact) mass is 363 g/mol. The third-order valence-corrected chi connectivity index (χ3v) is 4.17. The van der Waals surface area contributed by atoms with Crippen molar-refractivity contribution in [1.29, 1.82) is 0 Å². The number of hydrogen-bond donors (Lipinski definition) is 3. The van der Waals surface area contributed by atoms with Crippen molar-refractivity contribution in [3.8, 4) is 0 Å². The molecule has 1 aliphatic heterocycles. The highest BCUT2D eigenvalue weighted by atomic mass is 32.1. The van der Waals surface area contributed by atoms with Crippen LogP contribution in [0.4, 0.5) is 0 Å². The number of carboxylic acid groups (broad SMARTS) is 1. The van der Waals surface area contributed by atoms with Crippen molar-refractivity contribution >= 4 is 36.4 Å². The fourth-order valence-corrected chi connectivity index (χ4v) is 2.48. The third kappa shape index (κ3) is 4.39. The fourth-order valence-electron chi connectivity index (χ4n) is 2.24. The maximum absolute atomic E-state index is 12.3.